The van der Waals surface area contributed by atoms with Crippen molar-refractivity contribution in [1.82, 2.24) is 15.3 Å². The summed E-state index contributed by atoms with van der Waals surface area (Å²) in [5.41, 5.74) is 3.28. The van der Waals surface area contributed by atoms with E-state index in [1.54, 1.807) is 7.11 Å². The highest BCUT2D eigenvalue weighted by Crippen LogP contribution is 2.20. The molecular formula is C14H19N3O. The van der Waals surface area contributed by atoms with Crippen molar-refractivity contribution in [3.05, 3.63) is 41.9 Å². The Morgan fingerprint density at radius 2 is 2.06 bits per heavy atom. The number of nitrogens with zero attached hydrogens (tertiary/aromatic N) is 1. The number of imidazole rings is 1. The third-order valence-corrected chi connectivity index (χ3v) is 2.76. The maximum atomic E-state index is 4.98. The quantitative estimate of drug-likeness (QED) is 0.766. The molecule has 0 amide bonds. The van der Waals surface area contributed by atoms with Crippen molar-refractivity contribution in [1.29, 1.82) is 0 Å². The summed E-state index contributed by atoms with van der Waals surface area (Å²) in [7, 11) is 1.70. The van der Waals surface area contributed by atoms with Crippen LogP contribution in [0, 0.1) is 6.92 Å². The molecule has 2 N–H and O–H groups in total. The maximum absolute atomic E-state index is 4.98. The van der Waals surface area contributed by atoms with Crippen LogP contribution < -0.4 is 5.32 Å². The second-order valence-electron chi connectivity index (χ2n) is 4.19. The van der Waals surface area contributed by atoms with Gasteiger partial charge in [0, 0.05) is 24.9 Å². The first-order valence-electron chi connectivity index (χ1n) is 6.12. The van der Waals surface area contributed by atoms with E-state index in [0.717, 1.165) is 35.9 Å². The zero-order valence-electron chi connectivity index (χ0n) is 10.9. The summed E-state index contributed by atoms with van der Waals surface area (Å²) in [6, 6.07) is 10.2. The van der Waals surface area contributed by atoms with Crippen LogP contribution in [0.5, 0.6) is 0 Å². The molecule has 4 heteroatoms. The molecule has 0 unspecified atom stereocenters. The first-order chi connectivity index (χ1) is 8.81. The molecule has 2 aromatic rings. The molecule has 1 aromatic carbocycles. The first kappa shape index (κ1) is 12.8. The van der Waals surface area contributed by atoms with E-state index >= 15 is 0 Å². The predicted molar refractivity (Wildman–Crippen MR) is 72.3 cm³/mol. The molecule has 0 fully saturated rings. The SMILES string of the molecule is COCCNCc1nc(-c2ccccc2)c(C)[nH]1. The number of hydrogen-bond donors (Lipinski definition) is 2. The molecule has 0 aliphatic carbocycles. The summed E-state index contributed by atoms with van der Waals surface area (Å²) in [4.78, 5) is 7.92. The fourth-order valence-corrected chi connectivity index (χ4v) is 1.86. The van der Waals surface area contributed by atoms with Crippen molar-refractivity contribution in [2.45, 2.75) is 13.5 Å². The highest BCUT2D eigenvalue weighted by atomic mass is 16.5. The minimum Gasteiger partial charge on any atom is -0.383 e. The Morgan fingerprint density at radius 1 is 1.28 bits per heavy atom. The number of aryl methyl sites for hydroxylation is 1. The van der Waals surface area contributed by atoms with E-state index in [4.69, 9.17) is 4.74 Å². The number of nitrogens with one attached hydrogen (secondary N) is 2. The van der Waals surface area contributed by atoms with Gasteiger partial charge in [0.05, 0.1) is 18.8 Å². The fourth-order valence-electron chi connectivity index (χ4n) is 1.86. The second-order valence-corrected chi connectivity index (χ2v) is 4.19. The third kappa shape index (κ3) is 3.18. The van der Waals surface area contributed by atoms with Gasteiger partial charge in [-0.15, -0.1) is 0 Å². The highest BCUT2D eigenvalue weighted by Gasteiger charge is 2.07. The zero-order valence-corrected chi connectivity index (χ0v) is 10.9. The zero-order chi connectivity index (χ0) is 12.8. The van der Waals surface area contributed by atoms with Crippen LogP contribution in [0.25, 0.3) is 11.3 Å². The Bertz CT molecular complexity index is 479. The van der Waals surface area contributed by atoms with Gasteiger partial charge in [-0.3, -0.25) is 0 Å². The number of ether oxygens (including phenoxy) is 1. The molecule has 1 heterocycles. The third-order valence-electron chi connectivity index (χ3n) is 2.76. The Hall–Kier alpha value is -1.65. The molecule has 0 aliphatic heterocycles. The van der Waals surface area contributed by atoms with Crippen LogP contribution in [0.3, 0.4) is 0 Å². The Labute approximate surface area is 107 Å². The number of rotatable bonds is 6. The molecule has 1 aromatic heterocycles. The molecule has 0 saturated heterocycles. The second kappa shape index (κ2) is 6.33. The molecule has 0 spiro atoms. The lowest BCUT2D eigenvalue weighted by Crippen LogP contribution is -2.19. The lowest BCUT2D eigenvalue weighted by atomic mass is 10.1. The number of H-pyrrole nitrogens is 1. The molecule has 0 saturated carbocycles. The smallest absolute Gasteiger partial charge is 0.121 e. The van der Waals surface area contributed by atoms with Gasteiger partial charge in [-0.1, -0.05) is 30.3 Å². The normalized spacial score (nSPS) is 10.8. The van der Waals surface area contributed by atoms with Crippen LogP contribution in [0.4, 0.5) is 0 Å². The van der Waals surface area contributed by atoms with Crippen molar-refractivity contribution < 1.29 is 4.74 Å². The highest BCUT2D eigenvalue weighted by molar-refractivity contribution is 5.61. The first-order valence-corrected chi connectivity index (χ1v) is 6.12. The molecule has 18 heavy (non-hydrogen) atoms. The molecule has 96 valence electrons. The number of methoxy groups -OCH3 is 1. The lowest BCUT2D eigenvalue weighted by molar-refractivity contribution is 0.199. The van der Waals surface area contributed by atoms with Gasteiger partial charge >= 0.3 is 0 Å². The van der Waals surface area contributed by atoms with Gasteiger partial charge in [0.25, 0.3) is 0 Å². The van der Waals surface area contributed by atoms with E-state index in [9.17, 15) is 0 Å². The average Bonchev–Trinajstić information content (AvgIpc) is 2.77. The van der Waals surface area contributed by atoms with Gasteiger partial charge in [0.1, 0.15) is 5.82 Å². The molecule has 0 bridgehead atoms. The van der Waals surface area contributed by atoms with Gasteiger partial charge < -0.3 is 15.0 Å². The molecule has 0 aliphatic rings. The summed E-state index contributed by atoms with van der Waals surface area (Å²) < 4.78 is 4.98. The van der Waals surface area contributed by atoms with Crippen LogP contribution in [-0.4, -0.2) is 30.2 Å². The number of benzene rings is 1. The fraction of sp³-hybridized carbons (Fsp3) is 0.357. The maximum Gasteiger partial charge on any atom is 0.121 e. The largest absolute Gasteiger partial charge is 0.383 e. The van der Waals surface area contributed by atoms with Gasteiger partial charge in [0.2, 0.25) is 0 Å². The Kier molecular flexibility index (Phi) is 4.50. The van der Waals surface area contributed by atoms with E-state index < -0.39 is 0 Å². The topological polar surface area (TPSA) is 49.9 Å². The monoisotopic (exact) mass is 245 g/mol. The minimum absolute atomic E-state index is 0.714. The van der Waals surface area contributed by atoms with E-state index in [1.165, 1.54) is 0 Å². The van der Waals surface area contributed by atoms with Gasteiger partial charge in [0.15, 0.2) is 0 Å². The summed E-state index contributed by atoms with van der Waals surface area (Å²) in [6.07, 6.45) is 0. The van der Waals surface area contributed by atoms with E-state index in [0.29, 0.717) is 6.61 Å². The van der Waals surface area contributed by atoms with Crippen LogP contribution in [-0.2, 0) is 11.3 Å². The molecule has 4 nitrogen and oxygen atoms in total. The summed E-state index contributed by atoms with van der Waals surface area (Å²) in [5.74, 6) is 0.961. The molecule has 0 radical (unpaired) electrons. The van der Waals surface area contributed by atoms with Crippen molar-refractivity contribution in [3.8, 4) is 11.3 Å². The van der Waals surface area contributed by atoms with Crippen LogP contribution in [0.2, 0.25) is 0 Å². The van der Waals surface area contributed by atoms with Crippen molar-refractivity contribution in [3.63, 3.8) is 0 Å². The molecule has 2 rings (SSSR count). The van der Waals surface area contributed by atoms with Crippen LogP contribution >= 0.6 is 0 Å². The standard InChI is InChI=1S/C14H19N3O/c1-11-14(12-6-4-3-5-7-12)17-13(16-11)10-15-8-9-18-2/h3-7,15H,8-10H2,1-2H3,(H,16,17). The number of aromatic amines is 1. The Morgan fingerprint density at radius 3 is 2.78 bits per heavy atom. The van der Waals surface area contributed by atoms with Crippen molar-refractivity contribution in [2.24, 2.45) is 0 Å². The lowest BCUT2D eigenvalue weighted by Gasteiger charge is -2.00. The predicted octanol–water partition coefficient (Wildman–Crippen LogP) is 2.12. The molecule has 0 atom stereocenters. The van der Waals surface area contributed by atoms with E-state index in [-0.39, 0.29) is 0 Å². The van der Waals surface area contributed by atoms with Crippen LogP contribution in [0.15, 0.2) is 30.3 Å². The van der Waals surface area contributed by atoms with E-state index in [1.807, 2.05) is 25.1 Å². The van der Waals surface area contributed by atoms with Crippen LogP contribution in [0.1, 0.15) is 11.5 Å². The molecular weight excluding hydrogens is 226 g/mol. The average molecular weight is 245 g/mol. The van der Waals surface area contributed by atoms with Crippen molar-refractivity contribution in [2.75, 3.05) is 20.3 Å². The summed E-state index contributed by atoms with van der Waals surface area (Å²) in [6.45, 7) is 4.33. The van der Waals surface area contributed by atoms with Gasteiger partial charge in [-0.25, -0.2) is 4.98 Å². The Balaban J connectivity index is 2.03. The number of aromatic nitrogens is 2. The van der Waals surface area contributed by atoms with Crippen molar-refractivity contribution >= 4 is 0 Å². The van der Waals surface area contributed by atoms with Gasteiger partial charge in [-0.05, 0) is 6.92 Å². The summed E-state index contributed by atoms with van der Waals surface area (Å²) >= 11 is 0. The summed E-state index contributed by atoms with van der Waals surface area (Å²) in [5, 5.41) is 3.28. The minimum atomic E-state index is 0.714. The van der Waals surface area contributed by atoms with E-state index in [2.05, 4.69) is 27.4 Å². The number of hydrogen-bond acceptors (Lipinski definition) is 3. The van der Waals surface area contributed by atoms with Gasteiger partial charge in [-0.2, -0.15) is 0 Å².